The van der Waals surface area contributed by atoms with Gasteiger partial charge in [-0.1, -0.05) is 25.4 Å². The predicted octanol–water partition coefficient (Wildman–Crippen LogP) is 2.94. The van der Waals surface area contributed by atoms with Gasteiger partial charge in [-0.15, -0.1) is 0 Å². The molecule has 1 aromatic rings. The van der Waals surface area contributed by atoms with Gasteiger partial charge in [0.2, 0.25) is 5.88 Å². The first-order chi connectivity index (χ1) is 7.61. The van der Waals surface area contributed by atoms with Gasteiger partial charge in [-0.2, -0.15) is 0 Å². The third-order valence-corrected chi connectivity index (χ3v) is 2.86. The second kappa shape index (κ2) is 7.04. The van der Waals surface area contributed by atoms with Crippen molar-refractivity contribution in [3.63, 3.8) is 0 Å². The number of nitrogens with zero attached hydrogens (tertiary/aromatic N) is 2. The summed E-state index contributed by atoms with van der Waals surface area (Å²) in [5.74, 6) is 0.966. The third-order valence-electron chi connectivity index (χ3n) is 1.63. The molecule has 90 valence electrons. The van der Waals surface area contributed by atoms with Gasteiger partial charge in [-0.05, 0) is 21.8 Å². The quantitative estimate of drug-likeness (QED) is 0.598. The van der Waals surface area contributed by atoms with Gasteiger partial charge < -0.3 is 9.47 Å². The maximum atomic E-state index is 5.79. The molecule has 0 aliphatic heterocycles. The number of halogens is 2. The Morgan fingerprint density at radius 3 is 2.81 bits per heavy atom. The highest BCUT2D eigenvalue weighted by Crippen LogP contribution is 2.27. The SMILES string of the molecule is CC(C)COCCOc1ncnc(Cl)c1Br. The average molecular weight is 310 g/mol. The molecule has 0 N–H and O–H groups in total. The minimum Gasteiger partial charge on any atom is -0.474 e. The Bertz CT molecular complexity index is 337. The Morgan fingerprint density at radius 2 is 2.12 bits per heavy atom. The molecule has 0 amide bonds. The van der Waals surface area contributed by atoms with Crippen molar-refractivity contribution in [1.82, 2.24) is 9.97 Å². The van der Waals surface area contributed by atoms with E-state index >= 15 is 0 Å². The normalized spacial score (nSPS) is 10.8. The Kier molecular flexibility index (Phi) is 6.01. The van der Waals surface area contributed by atoms with E-state index < -0.39 is 0 Å². The van der Waals surface area contributed by atoms with Gasteiger partial charge in [0.05, 0.1) is 6.61 Å². The molecule has 0 atom stereocenters. The first-order valence-electron chi connectivity index (χ1n) is 4.97. The van der Waals surface area contributed by atoms with Crippen LogP contribution in [0.25, 0.3) is 0 Å². The minimum atomic E-state index is 0.341. The van der Waals surface area contributed by atoms with Gasteiger partial charge in [0.25, 0.3) is 0 Å². The highest BCUT2D eigenvalue weighted by Gasteiger charge is 2.07. The van der Waals surface area contributed by atoms with Gasteiger partial charge in [-0.3, -0.25) is 0 Å². The van der Waals surface area contributed by atoms with Crippen LogP contribution in [0, 0.1) is 5.92 Å². The van der Waals surface area contributed by atoms with Crippen LogP contribution in [0.1, 0.15) is 13.8 Å². The van der Waals surface area contributed by atoms with E-state index in [1.165, 1.54) is 6.33 Å². The van der Waals surface area contributed by atoms with E-state index in [2.05, 4.69) is 39.7 Å². The Morgan fingerprint density at radius 1 is 1.38 bits per heavy atom. The van der Waals surface area contributed by atoms with Crippen LogP contribution in [-0.2, 0) is 4.74 Å². The summed E-state index contributed by atoms with van der Waals surface area (Å²) in [6.45, 7) is 5.91. The third kappa shape index (κ3) is 4.63. The van der Waals surface area contributed by atoms with Crippen molar-refractivity contribution >= 4 is 27.5 Å². The fourth-order valence-corrected chi connectivity index (χ4v) is 1.39. The molecule has 0 aliphatic rings. The lowest BCUT2D eigenvalue weighted by atomic mass is 10.2. The maximum Gasteiger partial charge on any atom is 0.232 e. The van der Waals surface area contributed by atoms with Crippen molar-refractivity contribution in [3.05, 3.63) is 16.0 Å². The number of ether oxygens (including phenoxy) is 2. The number of hydrogen-bond donors (Lipinski definition) is 0. The van der Waals surface area contributed by atoms with Gasteiger partial charge in [0.1, 0.15) is 17.4 Å². The van der Waals surface area contributed by atoms with E-state index in [9.17, 15) is 0 Å². The largest absolute Gasteiger partial charge is 0.474 e. The lowest BCUT2D eigenvalue weighted by Gasteiger charge is -2.09. The molecule has 1 heterocycles. The van der Waals surface area contributed by atoms with Gasteiger partial charge in [-0.25, -0.2) is 9.97 Å². The van der Waals surface area contributed by atoms with E-state index in [1.807, 2.05) is 0 Å². The smallest absolute Gasteiger partial charge is 0.232 e. The zero-order valence-electron chi connectivity index (χ0n) is 9.24. The molecule has 0 aromatic carbocycles. The summed E-state index contributed by atoms with van der Waals surface area (Å²) in [5, 5.41) is 0.341. The van der Waals surface area contributed by atoms with Gasteiger partial charge in [0.15, 0.2) is 5.15 Å². The molecule has 4 nitrogen and oxygen atoms in total. The molecule has 0 fully saturated rings. The molecule has 0 saturated carbocycles. The van der Waals surface area contributed by atoms with Crippen LogP contribution in [0.3, 0.4) is 0 Å². The highest BCUT2D eigenvalue weighted by atomic mass is 79.9. The first kappa shape index (κ1) is 13.7. The van der Waals surface area contributed by atoms with Crippen LogP contribution in [0.15, 0.2) is 10.8 Å². The van der Waals surface area contributed by atoms with E-state index in [0.717, 1.165) is 6.61 Å². The van der Waals surface area contributed by atoms with Crippen molar-refractivity contribution in [2.45, 2.75) is 13.8 Å². The van der Waals surface area contributed by atoms with E-state index in [0.29, 0.717) is 34.6 Å². The summed E-state index contributed by atoms with van der Waals surface area (Å²) >= 11 is 9.04. The molecule has 16 heavy (non-hydrogen) atoms. The fourth-order valence-electron chi connectivity index (χ4n) is 0.951. The monoisotopic (exact) mass is 308 g/mol. The van der Waals surface area contributed by atoms with E-state index in [-0.39, 0.29) is 0 Å². The Labute approximate surface area is 108 Å². The standard InChI is InChI=1S/C10H14BrClN2O2/c1-7(2)5-15-3-4-16-10-8(11)9(12)13-6-14-10/h6-7H,3-5H2,1-2H3. The molecule has 0 aliphatic carbocycles. The highest BCUT2D eigenvalue weighted by molar-refractivity contribution is 9.10. The minimum absolute atomic E-state index is 0.341. The first-order valence-corrected chi connectivity index (χ1v) is 6.15. The number of aromatic nitrogens is 2. The maximum absolute atomic E-state index is 5.79. The second-order valence-corrected chi connectivity index (χ2v) is 4.75. The Balaban J connectivity index is 2.29. The molecular weight excluding hydrogens is 295 g/mol. The topological polar surface area (TPSA) is 44.2 Å². The molecule has 0 radical (unpaired) electrons. The van der Waals surface area contributed by atoms with Crippen LogP contribution in [0.4, 0.5) is 0 Å². The molecule has 1 rings (SSSR count). The van der Waals surface area contributed by atoms with Crippen LogP contribution < -0.4 is 4.74 Å². The zero-order chi connectivity index (χ0) is 12.0. The van der Waals surface area contributed by atoms with Crippen LogP contribution >= 0.6 is 27.5 Å². The average Bonchev–Trinajstić information content (AvgIpc) is 2.23. The molecule has 6 heteroatoms. The predicted molar refractivity (Wildman–Crippen MR) is 65.9 cm³/mol. The van der Waals surface area contributed by atoms with Crippen molar-refractivity contribution < 1.29 is 9.47 Å². The van der Waals surface area contributed by atoms with E-state index in [4.69, 9.17) is 21.1 Å². The summed E-state index contributed by atoms with van der Waals surface area (Å²) in [4.78, 5) is 7.75. The number of rotatable bonds is 6. The van der Waals surface area contributed by atoms with Crippen LogP contribution in [-0.4, -0.2) is 29.8 Å². The summed E-state index contributed by atoms with van der Waals surface area (Å²) < 4.78 is 11.3. The summed E-state index contributed by atoms with van der Waals surface area (Å²) in [7, 11) is 0. The summed E-state index contributed by atoms with van der Waals surface area (Å²) in [6, 6.07) is 0. The van der Waals surface area contributed by atoms with Crippen molar-refractivity contribution in [2.75, 3.05) is 19.8 Å². The van der Waals surface area contributed by atoms with Gasteiger partial charge >= 0.3 is 0 Å². The fraction of sp³-hybridized carbons (Fsp3) is 0.600. The lowest BCUT2D eigenvalue weighted by molar-refractivity contribution is 0.0803. The Hall–Kier alpha value is -0.390. The van der Waals surface area contributed by atoms with Crippen LogP contribution in [0.2, 0.25) is 5.15 Å². The molecule has 0 bridgehead atoms. The molecule has 0 saturated heterocycles. The second-order valence-electron chi connectivity index (χ2n) is 3.60. The lowest BCUT2D eigenvalue weighted by Crippen LogP contribution is -2.11. The molecule has 0 spiro atoms. The van der Waals surface area contributed by atoms with Gasteiger partial charge in [0, 0.05) is 6.61 Å². The molecular formula is C10H14BrClN2O2. The van der Waals surface area contributed by atoms with Crippen molar-refractivity contribution in [1.29, 1.82) is 0 Å². The van der Waals surface area contributed by atoms with Crippen molar-refractivity contribution in [3.8, 4) is 5.88 Å². The molecule has 0 unspecified atom stereocenters. The van der Waals surface area contributed by atoms with E-state index in [1.54, 1.807) is 0 Å². The van der Waals surface area contributed by atoms with Crippen LogP contribution in [0.5, 0.6) is 5.88 Å². The number of hydrogen-bond acceptors (Lipinski definition) is 4. The summed E-state index contributed by atoms with van der Waals surface area (Å²) in [5.41, 5.74) is 0. The van der Waals surface area contributed by atoms with Crippen molar-refractivity contribution in [2.24, 2.45) is 5.92 Å². The molecule has 1 aromatic heterocycles. The zero-order valence-corrected chi connectivity index (χ0v) is 11.6. The summed E-state index contributed by atoms with van der Waals surface area (Å²) in [6.07, 6.45) is 1.36.